The Kier molecular flexibility index (Phi) is 4.74. The highest BCUT2D eigenvalue weighted by Gasteiger charge is 2.85. The number of esters is 1. The highest BCUT2D eigenvalue weighted by molar-refractivity contribution is 7.57. The summed E-state index contributed by atoms with van der Waals surface area (Å²) >= 11 is 0. The van der Waals surface area contributed by atoms with Crippen molar-refractivity contribution >= 4 is 19.3 Å². The zero-order valence-electron chi connectivity index (χ0n) is 15.7. The Bertz CT molecular complexity index is 962. The van der Waals surface area contributed by atoms with Crippen LogP contribution in [-0.2, 0) is 18.4 Å². The fraction of sp³-hybridized carbons (Fsp3) is 0.333. The number of ketones is 1. The van der Waals surface area contributed by atoms with Crippen LogP contribution in [0.15, 0.2) is 54.6 Å². The minimum atomic E-state index is -3.97. The van der Waals surface area contributed by atoms with Crippen molar-refractivity contribution in [2.75, 3.05) is 13.2 Å². The molecular formula is C21H21O6P. The highest BCUT2D eigenvalue weighted by Crippen LogP contribution is 2.82. The Labute approximate surface area is 163 Å². The van der Waals surface area contributed by atoms with E-state index >= 15 is 0 Å². The van der Waals surface area contributed by atoms with Gasteiger partial charge in [-0.2, -0.15) is 0 Å². The van der Waals surface area contributed by atoms with Crippen LogP contribution in [0.3, 0.4) is 0 Å². The van der Waals surface area contributed by atoms with Crippen LogP contribution < -0.4 is 4.74 Å². The van der Waals surface area contributed by atoms with E-state index in [1.165, 1.54) is 0 Å². The Balaban J connectivity index is 1.89. The number of hydrogen-bond acceptors (Lipinski definition) is 6. The van der Waals surface area contributed by atoms with Gasteiger partial charge in [0.15, 0.2) is 10.9 Å². The van der Waals surface area contributed by atoms with E-state index < -0.39 is 30.6 Å². The van der Waals surface area contributed by atoms with E-state index in [9.17, 15) is 14.2 Å². The minimum absolute atomic E-state index is 0.0902. The maximum atomic E-state index is 13.8. The number of rotatable bonds is 7. The van der Waals surface area contributed by atoms with Gasteiger partial charge in [0, 0.05) is 17.0 Å². The molecule has 2 aromatic carbocycles. The highest BCUT2D eigenvalue weighted by atomic mass is 31.2. The molecule has 0 aromatic heterocycles. The van der Waals surface area contributed by atoms with Crippen LogP contribution in [0.25, 0.3) is 0 Å². The average molecular weight is 400 g/mol. The number of carbonyl (C=O) groups is 2. The Hall–Kier alpha value is -2.27. The van der Waals surface area contributed by atoms with Crippen LogP contribution in [0.2, 0.25) is 0 Å². The molecule has 1 fully saturated rings. The molecule has 0 spiro atoms. The van der Waals surface area contributed by atoms with Crippen molar-refractivity contribution in [2.45, 2.75) is 24.9 Å². The van der Waals surface area contributed by atoms with E-state index in [4.69, 9.17) is 13.8 Å². The van der Waals surface area contributed by atoms with Gasteiger partial charge in [-0.25, -0.2) is 0 Å². The molecule has 3 atom stereocenters. The molecule has 146 valence electrons. The van der Waals surface area contributed by atoms with Crippen LogP contribution in [0.1, 0.15) is 35.7 Å². The second-order valence-electron chi connectivity index (χ2n) is 6.77. The van der Waals surface area contributed by atoms with Crippen LogP contribution in [-0.4, -0.2) is 30.1 Å². The lowest BCUT2D eigenvalue weighted by molar-refractivity contribution is -0.136. The molecule has 1 aliphatic heterocycles. The molecular weight excluding hydrogens is 379 g/mol. The summed E-state index contributed by atoms with van der Waals surface area (Å²) < 4.78 is 30.4. The molecule has 4 rings (SSSR count). The fourth-order valence-corrected chi connectivity index (χ4v) is 6.85. The summed E-state index contributed by atoms with van der Waals surface area (Å²) in [6.45, 7) is 3.53. The summed E-state index contributed by atoms with van der Waals surface area (Å²) in [6, 6.07) is 15.7. The van der Waals surface area contributed by atoms with Gasteiger partial charge in [-0.1, -0.05) is 48.5 Å². The maximum absolute atomic E-state index is 13.8. The van der Waals surface area contributed by atoms with Gasteiger partial charge in [0.25, 0.3) is 0 Å². The molecule has 0 bridgehead atoms. The largest absolute Gasteiger partial charge is 0.425 e. The van der Waals surface area contributed by atoms with Crippen LogP contribution >= 0.6 is 7.60 Å². The Morgan fingerprint density at radius 2 is 1.64 bits per heavy atom. The molecule has 1 aliphatic carbocycles. The second kappa shape index (κ2) is 6.96. The van der Waals surface area contributed by atoms with E-state index in [1.807, 2.05) is 0 Å². The van der Waals surface area contributed by atoms with Gasteiger partial charge in [-0.3, -0.25) is 14.2 Å². The standard InChI is InChI=1S/C21H21O6P/c1-3-25-28(24,26-4-2)21-17(15-12-8-9-13-16(15)27-20(21)23)18(21)19(22)14-10-6-5-7-11-14/h5-13,17-18H,3-4H2,1-2H3/t17-,18+,21+/m1/s1. The summed E-state index contributed by atoms with van der Waals surface area (Å²) in [6.07, 6.45) is 0. The molecule has 7 heteroatoms. The Morgan fingerprint density at radius 3 is 2.29 bits per heavy atom. The average Bonchev–Trinajstić information content (AvgIpc) is 3.42. The first kappa shape index (κ1) is 19.1. The maximum Gasteiger partial charge on any atom is 0.349 e. The van der Waals surface area contributed by atoms with Crippen molar-refractivity contribution in [3.63, 3.8) is 0 Å². The number of ether oxygens (including phenoxy) is 1. The summed E-state index contributed by atoms with van der Waals surface area (Å²) in [5.74, 6) is -2.08. The van der Waals surface area contributed by atoms with E-state index in [0.717, 1.165) is 0 Å². The van der Waals surface area contributed by atoms with Gasteiger partial charge in [0.05, 0.1) is 19.1 Å². The van der Waals surface area contributed by atoms with Gasteiger partial charge in [-0.05, 0) is 19.9 Å². The first-order valence-electron chi connectivity index (χ1n) is 9.31. The predicted molar refractivity (Wildman–Crippen MR) is 103 cm³/mol. The molecule has 6 nitrogen and oxygen atoms in total. The van der Waals surface area contributed by atoms with Gasteiger partial charge >= 0.3 is 13.6 Å². The Morgan fingerprint density at radius 1 is 1.04 bits per heavy atom. The first-order valence-corrected chi connectivity index (χ1v) is 10.8. The molecule has 2 aromatic rings. The zero-order chi connectivity index (χ0) is 19.9. The van der Waals surface area contributed by atoms with E-state index in [-0.39, 0.29) is 19.0 Å². The SMILES string of the molecule is CCOP(=O)(OCC)[C@@]12C(=O)Oc3ccccc3[C@@H]1[C@H]2C(=O)c1ccccc1. The molecule has 0 amide bonds. The third-order valence-electron chi connectivity index (χ3n) is 5.35. The number of carbonyl (C=O) groups excluding carboxylic acids is 2. The smallest absolute Gasteiger partial charge is 0.349 e. The molecule has 0 radical (unpaired) electrons. The van der Waals surface area contributed by atoms with Crippen molar-refractivity contribution in [3.8, 4) is 5.75 Å². The summed E-state index contributed by atoms with van der Waals surface area (Å²) in [4.78, 5) is 26.5. The third-order valence-corrected chi connectivity index (χ3v) is 8.19. The predicted octanol–water partition coefficient (Wildman–Crippen LogP) is 4.21. The number of Topliss-reactive ketones (excluding diaryl/α,β-unsaturated/α-hetero) is 1. The van der Waals surface area contributed by atoms with E-state index in [1.54, 1.807) is 68.4 Å². The van der Waals surface area contributed by atoms with Crippen molar-refractivity contribution in [1.29, 1.82) is 0 Å². The van der Waals surface area contributed by atoms with Crippen LogP contribution in [0.5, 0.6) is 5.75 Å². The van der Waals surface area contributed by atoms with Crippen LogP contribution in [0.4, 0.5) is 0 Å². The first-order chi connectivity index (χ1) is 13.5. The van der Waals surface area contributed by atoms with Gasteiger partial charge < -0.3 is 13.8 Å². The number of para-hydroxylation sites is 1. The molecule has 28 heavy (non-hydrogen) atoms. The summed E-state index contributed by atoms with van der Waals surface area (Å²) in [5.41, 5.74) is 1.13. The van der Waals surface area contributed by atoms with Crippen molar-refractivity contribution in [1.82, 2.24) is 0 Å². The van der Waals surface area contributed by atoms with Crippen molar-refractivity contribution in [2.24, 2.45) is 5.92 Å². The van der Waals surface area contributed by atoms with Crippen LogP contribution in [0, 0.1) is 5.92 Å². The normalized spacial score (nSPS) is 25.4. The van der Waals surface area contributed by atoms with E-state index in [2.05, 4.69) is 0 Å². The summed E-state index contributed by atoms with van der Waals surface area (Å²) in [7, 11) is -3.97. The monoisotopic (exact) mass is 400 g/mol. The number of hydrogen-bond donors (Lipinski definition) is 0. The molecule has 0 unspecified atom stereocenters. The van der Waals surface area contributed by atoms with Crippen molar-refractivity contribution in [3.05, 3.63) is 65.7 Å². The third kappa shape index (κ3) is 2.52. The van der Waals surface area contributed by atoms with E-state index in [0.29, 0.717) is 16.9 Å². The molecule has 0 saturated heterocycles. The summed E-state index contributed by atoms with van der Waals surface area (Å²) in [5, 5.41) is -1.65. The lowest BCUT2D eigenvalue weighted by atomic mass is 10.0. The molecule has 1 saturated carbocycles. The number of benzene rings is 2. The molecule has 1 heterocycles. The minimum Gasteiger partial charge on any atom is -0.425 e. The topological polar surface area (TPSA) is 78.9 Å². The van der Waals surface area contributed by atoms with Gasteiger partial charge in [0.1, 0.15) is 5.75 Å². The van der Waals surface area contributed by atoms with Gasteiger partial charge in [0.2, 0.25) is 0 Å². The second-order valence-corrected chi connectivity index (χ2v) is 9.02. The molecule has 2 aliphatic rings. The lowest BCUT2D eigenvalue weighted by Gasteiger charge is -2.29. The number of fused-ring (bicyclic) bond motifs is 3. The fourth-order valence-electron chi connectivity index (χ4n) is 4.23. The molecule has 0 N–H and O–H groups in total. The quantitative estimate of drug-likeness (QED) is 0.300. The van der Waals surface area contributed by atoms with Gasteiger partial charge in [-0.15, -0.1) is 0 Å². The lowest BCUT2D eigenvalue weighted by Crippen LogP contribution is -2.36. The van der Waals surface area contributed by atoms with Crippen molar-refractivity contribution < 1.29 is 27.9 Å². The zero-order valence-corrected chi connectivity index (χ0v) is 16.6.